The number of ether oxygens (including phenoxy) is 1. The van der Waals surface area contributed by atoms with Crippen molar-refractivity contribution in [2.45, 2.75) is 0 Å². The number of aromatic nitrogens is 2. The summed E-state index contributed by atoms with van der Waals surface area (Å²) >= 11 is 0. The topological polar surface area (TPSA) is 52.1 Å². The molecular weight excluding hydrogens is 223 g/mol. The normalized spacial score (nSPS) is 10.0. The zero-order chi connectivity index (χ0) is 12.3. The summed E-state index contributed by atoms with van der Waals surface area (Å²) in [4.78, 5) is 18.5. The van der Waals surface area contributed by atoms with E-state index in [0.717, 1.165) is 6.07 Å². The molecule has 1 aromatic heterocycles. The minimum Gasteiger partial charge on any atom is -0.479 e. The van der Waals surface area contributed by atoms with Crippen molar-refractivity contribution >= 4 is 6.29 Å². The molecule has 17 heavy (non-hydrogen) atoms. The van der Waals surface area contributed by atoms with Crippen molar-refractivity contribution in [2.24, 2.45) is 0 Å². The third kappa shape index (κ3) is 2.13. The van der Waals surface area contributed by atoms with Crippen molar-refractivity contribution in [3.05, 3.63) is 42.0 Å². The van der Waals surface area contributed by atoms with Gasteiger partial charge in [0.25, 0.3) is 0 Å². The average molecular weight is 232 g/mol. The second kappa shape index (κ2) is 4.69. The van der Waals surface area contributed by atoms with Crippen LogP contribution in [-0.4, -0.2) is 23.4 Å². The molecule has 0 saturated carbocycles. The fraction of sp³-hybridized carbons (Fsp3) is 0.0833. The standard InChI is InChI=1S/C12H9FN2O2/c1-17-12-11(14-4-5-15-12)9-3-2-8(7-16)6-10(9)13/h2-7H,1H3. The molecule has 2 rings (SSSR count). The highest BCUT2D eigenvalue weighted by Crippen LogP contribution is 2.27. The quantitative estimate of drug-likeness (QED) is 0.760. The smallest absolute Gasteiger partial charge is 0.240 e. The van der Waals surface area contributed by atoms with Crippen molar-refractivity contribution < 1.29 is 13.9 Å². The van der Waals surface area contributed by atoms with Gasteiger partial charge in [-0.05, 0) is 12.1 Å². The van der Waals surface area contributed by atoms with E-state index >= 15 is 0 Å². The number of carbonyl (C=O) groups excluding carboxylic acids is 1. The van der Waals surface area contributed by atoms with Gasteiger partial charge in [0.15, 0.2) is 0 Å². The van der Waals surface area contributed by atoms with Gasteiger partial charge < -0.3 is 4.74 Å². The lowest BCUT2D eigenvalue weighted by molar-refractivity contribution is 0.112. The molecule has 0 fully saturated rings. The minimum atomic E-state index is -0.534. The van der Waals surface area contributed by atoms with E-state index in [-0.39, 0.29) is 17.0 Å². The van der Waals surface area contributed by atoms with Crippen molar-refractivity contribution in [1.29, 1.82) is 0 Å². The van der Waals surface area contributed by atoms with Gasteiger partial charge in [0, 0.05) is 23.5 Å². The van der Waals surface area contributed by atoms with Crippen LogP contribution in [0.1, 0.15) is 10.4 Å². The highest BCUT2D eigenvalue weighted by atomic mass is 19.1. The van der Waals surface area contributed by atoms with Crippen LogP contribution in [0.25, 0.3) is 11.3 Å². The van der Waals surface area contributed by atoms with Gasteiger partial charge in [-0.1, -0.05) is 6.07 Å². The second-order valence-electron chi connectivity index (χ2n) is 3.27. The van der Waals surface area contributed by atoms with E-state index in [0.29, 0.717) is 12.0 Å². The maximum atomic E-state index is 13.8. The Bertz CT molecular complexity index is 558. The number of methoxy groups -OCH3 is 1. The molecule has 0 amide bonds. The molecule has 1 heterocycles. The molecule has 0 aliphatic carbocycles. The highest BCUT2D eigenvalue weighted by molar-refractivity contribution is 5.77. The Morgan fingerprint density at radius 1 is 1.29 bits per heavy atom. The van der Waals surface area contributed by atoms with Crippen molar-refractivity contribution in [3.8, 4) is 17.1 Å². The van der Waals surface area contributed by atoms with Gasteiger partial charge in [-0.25, -0.2) is 14.4 Å². The molecule has 0 aliphatic rings. The molecule has 0 radical (unpaired) electrons. The Hall–Kier alpha value is -2.30. The number of benzene rings is 1. The summed E-state index contributed by atoms with van der Waals surface area (Å²) in [6, 6.07) is 4.14. The summed E-state index contributed by atoms with van der Waals surface area (Å²) in [5.41, 5.74) is 0.833. The van der Waals surface area contributed by atoms with Gasteiger partial charge in [-0.3, -0.25) is 4.79 Å². The van der Waals surface area contributed by atoms with Gasteiger partial charge in [-0.15, -0.1) is 0 Å². The summed E-state index contributed by atoms with van der Waals surface area (Å²) in [6.45, 7) is 0. The van der Waals surface area contributed by atoms with E-state index in [1.807, 2.05) is 0 Å². The summed E-state index contributed by atoms with van der Waals surface area (Å²) in [6.07, 6.45) is 3.49. The number of rotatable bonds is 3. The third-order valence-corrected chi connectivity index (χ3v) is 2.24. The molecule has 5 heteroatoms. The number of aldehydes is 1. The Morgan fingerprint density at radius 2 is 2.06 bits per heavy atom. The SMILES string of the molecule is COc1nccnc1-c1ccc(C=O)cc1F. The van der Waals surface area contributed by atoms with Crippen molar-refractivity contribution in [1.82, 2.24) is 9.97 Å². The first-order valence-corrected chi connectivity index (χ1v) is 4.86. The first-order valence-electron chi connectivity index (χ1n) is 4.86. The van der Waals surface area contributed by atoms with Gasteiger partial charge >= 0.3 is 0 Å². The van der Waals surface area contributed by atoms with E-state index in [1.54, 1.807) is 0 Å². The largest absolute Gasteiger partial charge is 0.479 e. The minimum absolute atomic E-state index is 0.241. The molecule has 4 nitrogen and oxygen atoms in total. The first kappa shape index (κ1) is 11.2. The summed E-state index contributed by atoms with van der Waals surface area (Å²) < 4.78 is 18.8. The highest BCUT2D eigenvalue weighted by Gasteiger charge is 2.13. The maximum absolute atomic E-state index is 13.8. The van der Waals surface area contributed by atoms with E-state index in [4.69, 9.17) is 4.74 Å². The van der Waals surface area contributed by atoms with Crippen LogP contribution >= 0.6 is 0 Å². The molecule has 2 aromatic rings. The van der Waals surface area contributed by atoms with Crippen LogP contribution in [0.5, 0.6) is 5.88 Å². The van der Waals surface area contributed by atoms with E-state index in [2.05, 4.69) is 9.97 Å². The monoisotopic (exact) mass is 232 g/mol. The predicted molar refractivity (Wildman–Crippen MR) is 59.4 cm³/mol. The Kier molecular flexibility index (Phi) is 3.09. The third-order valence-electron chi connectivity index (χ3n) is 2.24. The Balaban J connectivity index is 2.56. The molecule has 0 spiro atoms. The predicted octanol–water partition coefficient (Wildman–Crippen LogP) is 2.10. The number of hydrogen-bond acceptors (Lipinski definition) is 4. The van der Waals surface area contributed by atoms with Gasteiger partial charge in [0.05, 0.1) is 7.11 Å². The molecule has 86 valence electrons. The number of nitrogens with zero attached hydrogens (tertiary/aromatic N) is 2. The summed E-state index contributed by atoms with van der Waals surface area (Å²) in [7, 11) is 1.44. The van der Waals surface area contributed by atoms with E-state index in [9.17, 15) is 9.18 Å². The Morgan fingerprint density at radius 3 is 2.71 bits per heavy atom. The molecule has 0 atom stereocenters. The van der Waals surface area contributed by atoms with E-state index < -0.39 is 5.82 Å². The van der Waals surface area contributed by atoms with Crippen LogP contribution < -0.4 is 4.74 Å². The zero-order valence-corrected chi connectivity index (χ0v) is 9.05. The number of carbonyl (C=O) groups is 1. The molecule has 0 N–H and O–H groups in total. The van der Waals surface area contributed by atoms with Crippen molar-refractivity contribution in [3.63, 3.8) is 0 Å². The lowest BCUT2D eigenvalue weighted by Crippen LogP contribution is -1.96. The molecular formula is C12H9FN2O2. The fourth-order valence-electron chi connectivity index (χ4n) is 1.46. The fourth-order valence-corrected chi connectivity index (χ4v) is 1.46. The average Bonchev–Trinajstić information content (AvgIpc) is 2.38. The van der Waals surface area contributed by atoms with Crippen LogP contribution in [-0.2, 0) is 0 Å². The van der Waals surface area contributed by atoms with Crippen LogP contribution in [0, 0.1) is 5.82 Å². The van der Waals surface area contributed by atoms with Gasteiger partial charge in [0.2, 0.25) is 5.88 Å². The second-order valence-corrected chi connectivity index (χ2v) is 3.27. The van der Waals surface area contributed by atoms with Crippen LogP contribution in [0.3, 0.4) is 0 Å². The lowest BCUT2D eigenvalue weighted by atomic mass is 10.1. The van der Waals surface area contributed by atoms with Gasteiger partial charge in [-0.2, -0.15) is 0 Å². The zero-order valence-electron chi connectivity index (χ0n) is 9.05. The van der Waals surface area contributed by atoms with Crippen LogP contribution in [0.2, 0.25) is 0 Å². The molecule has 1 aromatic carbocycles. The molecule has 0 saturated heterocycles. The maximum Gasteiger partial charge on any atom is 0.240 e. The van der Waals surface area contributed by atoms with Crippen LogP contribution in [0.15, 0.2) is 30.6 Å². The molecule has 0 unspecified atom stereocenters. The van der Waals surface area contributed by atoms with E-state index in [1.165, 1.54) is 31.6 Å². The van der Waals surface area contributed by atoms with Gasteiger partial charge in [0.1, 0.15) is 17.8 Å². The molecule has 0 aliphatic heterocycles. The number of halogens is 1. The Labute approximate surface area is 97.1 Å². The number of hydrogen-bond donors (Lipinski definition) is 0. The first-order chi connectivity index (χ1) is 8.26. The summed E-state index contributed by atoms with van der Waals surface area (Å²) in [5, 5.41) is 0. The summed E-state index contributed by atoms with van der Waals surface area (Å²) in [5.74, 6) is -0.293. The molecule has 0 bridgehead atoms. The van der Waals surface area contributed by atoms with Crippen molar-refractivity contribution in [2.75, 3.05) is 7.11 Å². The van der Waals surface area contributed by atoms with Crippen LogP contribution in [0.4, 0.5) is 4.39 Å². The lowest BCUT2D eigenvalue weighted by Gasteiger charge is -2.06.